The molecule has 4 nitrogen and oxygen atoms in total. The zero-order chi connectivity index (χ0) is 16.7. The third-order valence-corrected chi connectivity index (χ3v) is 5.01. The van der Waals surface area contributed by atoms with E-state index in [1.54, 1.807) is 0 Å². The Labute approximate surface area is 140 Å². The van der Waals surface area contributed by atoms with E-state index in [1.165, 1.54) is 0 Å². The van der Waals surface area contributed by atoms with Crippen LogP contribution in [0.4, 0.5) is 0 Å². The Hall–Kier alpha value is -1.42. The first kappa shape index (κ1) is 17.9. The van der Waals surface area contributed by atoms with E-state index in [2.05, 4.69) is 29.8 Å². The molecule has 1 fully saturated rings. The van der Waals surface area contributed by atoms with Gasteiger partial charge >= 0.3 is 0 Å². The van der Waals surface area contributed by atoms with Crippen LogP contribution in [-0.4, -0.2) is 53.4 Å². The third kappa shape index (κ3) is 5.31. The van der Waals surface area contributed by atoms with E-state index in [0.29, 0.717) is 11.9 Å². The molecule has 0 N–H and O–H groups in total. The van der Waals surface area contributed by atoms with Gasteiger partial charge in [-0.2, -0.15) is 0 Å². The molecule has 1 atom stereocenters. The summed E-state index contributed by atoms with van der Waals surface area (Å²) < 4.78 is 0. The Bertz CT molecular complexity index is 469. The summed E-state index contributed by atoms with van der Waals surface area (Å²) in [6, 6.07) is 6.51. The average Bonchev–Trinajstić information content (AvgIpc) is 2.60. The summed E-state index contributed by atoms with van der Waals surface area (Å²) in [4.78, 5) is 21.3. The second-order valence-corrected chi connectivity index (χ2v) is 6.78. The number of nitrogens with zero attached hydrogens (tertiary/aromatic N) is 3. The van der Waals surface area contributed by atoms with Gasteiger partial charge in [0, 0.05) is 57.0 Å². The molecule has 0 radical (unpaired) electrons. The van der Waals surface area contributed by atoms with E-state index in [1.807, 2.05) is 30.3 Å². The second kappa shape index (κ2) is 9.02. The van der Waals surface area contributed by atoms with Crippen LogP contribution < -0.4 is 0 Å². The van der Waals surface area contributed by atoms with Crippen molar-refractivity contribution in [2.75, 3.05) is 26.7 Å². The highest BCUT2D eigenvalue weighted by atomic mass is 16.2. The van der Waals surface area contributed by atoms with E-state index in [9.17, 15) is 4.79 Å². The standard InChI is InChI=1S/C19H31N3O/c1-4-7-16(2)19(23)21(3)18-10-14-22(15-11-18)13-9-17-8-5-6-12-20-17/h5-6,8,12,16,18H,4,7,9-11,13-15H2,1-3H3/t16-/m0/s1. The minimum absolute atomic E-state index is 0.159. The topological polar surface area (TPSA) is 36.4 Å². The van der Waals surface area contributed by atoms with Gasteiger partial charge in [0.2, 0.25) is 5.91 Å². The van der Waals surface area contributed by atoms with Crippen molar-refractivity contribution in [3.63, 3.8) is 0 Å². The number of pyridine rings is 1. The normalized spacial score (nSPS) is 17.9. The summed E-state index contributed by atoms with van der Waals surface area (Å²) in [6.45, 7) is 7.43. The van der Waals surface area contributed by atoms with Crippen molar-refractivity contribution in [1.82, 2.24) is 14.8 Å². The lowest BCUT2D eigenvalue weighted by atomic mass is 9.99. The number of likely N-dealkylation sites (tertiary alicyclic amines) is 1. The van der Waals surface area contributed by atoms with Crippen molar-refractivity contribution in [3.05, 3.63) is 30.1 Å². The predicted molar refractivity (Wildman–Crippen MR) is 94.2 cm³/mol. The van der Waals surface area contributed by atoms with E-state index in [-0.39, 0.29) is 5.92 Å². The van der Waals surface area contributed by atoms with Gasteiger partial charge in [-0.15, -0.1) is 0 Å². The van der Waals surface area contributed by atoms with Crippen LogP contribution in [0, 0.1) is 5.92 Å². The van der Waals surface area contributed by atoms with Crippen LogP contribution in [0.25, 0.3) is 0 Å². The highest BCUT2D eigenvalue weighted by Gasteiger charge is 2.27. The molecular formula is C19H31N3O. The summed E-state index contributed by atoms with van der Waals surface area (Å²) in [5.41, 5.74) is 1.16. The van der Waals surface area contributed by atoms with Crippen LogP contribution in [0.5, 0.6) is 0 Å². The molecule has 4 heteroatoms. The van der Waals surface area contributed by atoms with E-state index < -0.39 is 0 Å². The van der Waals surface area contributed by atoms with Crippen molar-refractivity contribution in [2.24, 2.45) is 5.92 Å². The quantitative estimate of drug-likeness (QED) is 0.776. The third-order valence-electron chi connectivity index (χ3n) is 5.01. The van der Waals surface area contributed by atoms with Crippen LogP contribution in [-0.2, 0) is 11.2 Å². The number of carbonyl (C=O) groups excluding carboxylic acids is 1. The fourth-order valence-corrected chi connectivity index (χ4v) is 3.43. The molecule has 1 saturated heterocycles. The summed E-state index contributed by atoms with van der Waals surface area (Å²) in [7, 11) is 1.99. The van der Waals surface area contributed by atoms with Crippen molar-refractivity contribution < 1.29 is 4.79 Å². The molecule has 0 bridgehead atoms. The molecule has 2 rings (SSSR count). The first-order chi connectivity index (χ1) is 11.1. The Kier molecular flexibility index (Phi) is 7.03. The monoisotopic (exact) mass is 317 g/mol. The average molecular weight is 317 g/mol. The van der Waals surface area contributed by atoms with Gasteiger partial charge in [-0.25, -0.2) is 0 Å². The summed E-state index contributed by atoms with van der Waals surface area (Å²) in [5.74, 6) is 0.478. The number of amides is 1. The van der Waals surface area contributed by atoms with Crippen molar-refractivity contribution in [1.29, 1.82) is 0 Å². The van der Waals surface area contributed by atoms with Gasteiger partial charge in [0.05, 0.1) is 0 Å². The van der Waals surface area contributed by atoms with Crippen LogP contribution in [0.3, 0.4) is 0 Å². The molecule has 1 aliphatic heterocycles. The van der Waals surface area contributed by atoms with Gasteiger partial charge in [0.25, 0.3) is 0 Å². The molecule has 0 aromatic carbocycles. The number of carbonyl (C=O) groups is 1. The minimum Gasteiger partial charge on any atom is -0.342 e. The second-order valence-electron chi connectivity index (χ2n) is 6.78. The fraction of sp³-hybridized carbons (Fsp3) is 0.684. The molecule has 23 heavy (non-hydrogen) atoms. The smallest absolute Gasteiger partial charge is 0.225 e. The van der Waals surface area contributed by atoms with Gasteiger partial charge in [0.15, 0.2) is 0 Å². The number of aromatic nitrogens is 1. The van der Waals surface area contributed by atoms with Crippen molar-refractivity contribution >= 4 is 5.91 Å². The molecular weight excluding hydrogens is 286 g/mol. The molecule has 0 aliphatic carbocycles. The number of hydrogen-bond donors (Lipinski definition) is 0. The minimum atomic E-state index is 0.159. The van der Waals surface area contributed by atoms with Gasteiger partial charge in [0.1, 0.15) is 0 Å². The lowest BCUT2D eigenvalue weighted by Crippen LogP contribution is -2.47. The summed E-state index contributed by atoms with van der Waals surface area (Å²) >= 11 is 0. The highest BCUT2D eigenvalue weighted by molar-refractivity contribution is 5.78. The predicted octanol–water partition coefficient (Wildman–Crippen LogP) is 2.98. The highest BCUT2D eigenvalue weighted by Crippen LogP contribution is 2.19. The van der Waals surface area contributed by atoms with Crippen LogP contribution in [0.1, 0.15) is 45.2 Å². The molecule has 1 aromatic heterocycles. The van der Waals surface area contributed by atoms with E-state index in [0.717, 1.165) is 57.4 Å². The lowest BCUT2D eigenvalue weighted by Gasteiger charge is -2.37. The first-order valence-corrected chi connectivity index (χ1v) is 9.00. The van der Waals surface area contributed by atoms with Crippen molar-refractivity contribution in [2.45, 2.75) is 52.0 Å². The zero-order valence-corrected chi connectivity index (χ0v) is 14.9. The summed E-state index contributed by atoms with van der Waals surface area (Å²) in [5, 5.41) is 0. The van der Waals surface area contributed by atoms with Crippen LogP contribution >= 0.6 is 0 Å². The van der Waals surface area contributed by atoms with E-state index in [4.69, 9.17) is 0 Å². The van der Waals surface area contributed by atoms with Crippen LogP contribution in [0.15, 0.2) is 24.4 Å². The fourth-order valence-electron chi connectivity index (χ4n) is 3.43. The molecule has 0 saturated carbocycles. The van der Waals surface area contributed by atoms with Gasteiger partial charge < -0.3 is 9.80 Å². The molecule has 1 amide bonds. The first-order valence-electron chi connectivity index (χ1n) is 9.00. The number of rotatable bonds is 7. The maximum Gasteiger partial charge on any atom is 0.225 e. The van der Waals surface area contributed by atoms with Gasteiger partial charge in [-0.3, -0.25) is 9.78 Å². The Balaban J connectivity index is 1.74. The van der Waals surface area contributed by atoms with E-state index >= 15 is 0 Å². The number of piperidine rings is 1. The molecule has 1 aromatic rings. The lowest BCUT2D eigenvalue weighted by molar-refractivity contribution is -0.136. The molecule has 2 heterocycles. The summed E-state index contributed by atoms with van der Waals surface area (Å²) in [6.07, 6.45) is 7.11. The maximum absolute atomic E-state index is 12.4. The Morgan fingerprint density at radius 2 is 2.13 bits per heavy atom. The van der Waals surface area contributed by atoms with Gasteiger partial charge in [-0.1, -0.05) is 26.3 Å². The maximum atomic E-state index is 12.4. The molecule has 0 unspecified atom stereocenters. The van der Waals surface area contributed by atoms with Crippen LogP contribution in [0.2, 0.25) is 0 Å². The van der Waals surface area contributed by atoms with Gasteiger partial charge in [-0.05, 0) is 31.4 Å². The molecule has 128 valence electrons. The SMILES string of the molecule is CCC[C@H](C)C(=O)N(C)C1CCN(CCc2ccccn2)CC1. The largest absolute Gasteiger partial charge is 0.342 e. The Morgan fingerprint density at radius 1 is 1.39 bits per heavy atom. The Morgan fingerprint density at radius 3 is 2.74 bits per heavy atom. The zero-order valence-electron chi connectivity index (χ0n) is 14.9. The number of hydrogen-bond acceptors (Lipinski definition) is 3. The van der Waals surface area contributed by atoms with Crippen molar-refractivity contribution in [3.8, 4) is 0 Å². The molecule has 1 aliphatic rings. The molecule has 0 spiro atoms.